The van der Waals surface area contributed by atoms with Gasteiger partial charge in [0.25, 0.3) is 0 Å². The molecule has 0 aromatic heterocycles. The van der Waals surface area contributed by atoms with E-state index in [9.17, 15) is 9.90 Å². The Kier molecular flexibility index (Phi) is 5.18. The molecule has 1 fully saturated rings. The van der Waals surface area contributed by atoms with Crippen molar-refractivity contribution in [1.82, 2.24) is 5.32 Å². The predicted octanol–water partition coefficient (Wildman–Crippen LogP) is -0.0734. The first-order valence-electron chi connectivity index (χ1n) is 5.68. The van der Waals surface area contributed by atoms with Gasteiger partial charge in [0.1, 0.15) is 0 Å². The molecule has 1 aliphatic rings. The second kappa shape index (κ2) is 6.18. The van der Waals surface area contributed by atoms with Crippen LogP contribution in [0, 0.1) is 5.41 Å². The van der Waals surface area contributed by atoms with Gasteiger partial charge >= 0.3 is 5.97 Å². The van der Waals surface area contributed by atoms with Gasteiger partial charge in [0.2, 0.25) is 0 Å². The summed E-state index contributed by atoms with van der Waals surface area (Å²) in [4.78, 5) is 11.1. The zero-order chi connectivity index (χ0) is 12.0. The number of carbonyl (C=O) groups is 1. The lowest BCUT2D eigenvalue weighted by Gasteiger charge is -2.38. The van der Waals surface area contributed by atoms with Crippen LogP contribution >= 0.6 is 0 Å². The number of aliphatic hydroxyl groups excluding tert-OH is 1. The van der Waals surface area contributed by atoms with Gasteiger partial charge in [-0.1, -0.05) is 6.92 Å². The second-order valence-electron chi connectivity index (χ2n) is 4.60. The first-order valence-corrected chi connectivity index (χ1v) is 5.68. The number of nitrogens with one attached hydrogen (secondary N) is 1. The Morgan fingerprint density at radius 1 is 1.62 bits per heavy atom. The molecule has 0 saturated carbocycles. The zero-order valence-electron chi connectivity index (χ0n) is 9.99. The Morgan fingerprint density at radius 3 is 2.81 bits per heavy atom. The van der Waals surface area contributed by atoms with Crippen molar-refractivity contribution in [3.8, 4) is 0 Å². The summed E-state index contributed by atoms with van der Waals surface area (Å²) in [5.74, 6) is -0.352. The fourth-order valence-corrected chi connectivity index (χ4v) is 1.58. The molecule has 5 heteroatoms. The van der Waals surface area contributed by atoms with Gasteiger partial charge < -0.3 is 19.9 Å². The van der Waals surface area contributed by atoms with E-state index in [4.69, 9.17) is 9.47 Å². The topological polar surface area (TPSA) is 67.8 Å². The Labute approximate surface area is 96.1 Å². The third-order valence-corrected chi connectivity index (χ3v) is 2.54. The van der Waals surface area contributed by atoms with Gasteiger partial charge in [-0.25, -0.2) is 0 Å². The SMILES string of the molecule is CCOC(=O)CC(O)CNCC1(C)COC1. The number of carbonyl (C=O) groups excluding carboxylic acids is 1. The summed E-state index contributed by atoms with van der Waals surface area (Å²) in [7, 11) is 0. The first-order chi connectivity index (χ1) is 7.56. The van der Waals surface area contributed by atoms with E-state index in [1.165, 1.54) is 0 Å². The molecule has 5 nitrogen and oxygen atoms in total. The van der Waals surface area contributed by atoms with Crippen molar-refractivity contribution in [2.75, 3.05) is 32.9 Å². The van der Waals surface area contributed by atoms with E-state index in [1.807, 2.05) is 0 Å². The van der Waals surface area contributed by atoms with Crippen LogP contribution in [0.15, 0.2) is 0 Å². The average Bonchev–Trinajstić information content (AvgIpc) is 2.15. The van der Waals surface area contributed by atoms with Crippen LogP contribution in [0.25, 0.3) is 0 Å². The van der Waals surface area contributed by atoms with Crippen LogP contribution in [0.4, 0.5) is 0 Å². The van der Waals surface area contributed by atoms with E-state index in [1.54, 1.807) is 6.92 Å². The molecule has 16 heavy (non-hydrogen) atoms. The van der Waals surface area contributed by atoms with Gasteiger partial charge in [0.15, 0.2) is 0 Å². The molecule has 0 spiro atoms. The summed E-state index contributed by atoms with van der Waals surface area (Å²) >= 11 is 0. The number of ether oxygens (including phenoxy) is 2. The summed E-state index contributed by atoms with van der Waals surface area (Å²) in [6.07, 6.45) is -0.628. The van der Waals surface area contributed by atoms with Gasteiger partial charge in [-0.2, -0.15) is 0 Å². The molecule has 94 valence electrons. The summed E-state index contributed by atoms with van der Waals surface area (Å²) in [5, 5.41) is 12.7. The molecule has 1 aliphatic heterocycles. The standard InChI is InChI=1S/C11H21NO4/c1-3-16-10(14)4-9(13)5-12-6-11(2)7-15-8-11/h9,12-13H,3-8H2,1-2H3. The first kappa shape index (κ1) is 13.4. The Balaban J connectivity index is 2.05. The molecule has 0 aliphatic carbocycles. The number of aliphatic hydroxyl groups is 1. The molecule has 0 bridgehead atoms. The largest absolute Gasteiger partial charge is 0.466 e. The highest BCUT2D eigenvalue weighted by Crippen LogP contribution is 2.24. The van der Waals surface area contributed by atoms with E-state index >= 15 is 0 Å². The number of rotatable bonds is 7. The molecular weight excluding hydrogens is 210 g/mol. The third-order valence-electron chi connectivity index (χ3n) is 2.54. The smallest absolute Gasteiger partial charge is 0.308 e. The lowest BCUT2D eigenvalue weighted by Crippen LogP contribution is -2.48. The van der Waals surface area contributed by atoms with E-state index in [2.05, 4.69) is 12.2 Å². The van der Waals surface area contributed by atoms with Crippen molar-refractivity contribution in [3.63, 3.8) is 0 Å². The highest BCUT2D eigenvalue weighted by molar-refractivity contribution is 5.69. The number of esters is 1. The van der Waals surface area contributed by atoms with Crippen LogP contribution in [0.5, 0.6) is 0 Å². The van der Waals surface area contributed by atoms with E-state index in [0.29, 0.717) is 13.2 Å². The van der Waals surface area contributed by atoms with Gasteiger partial charge in [0, 0.05) is 18.5 Å². The molecule has 0 aromatic carbocycles. The van der Waals surface area contributed by atoms with Crippen LogP contribution in [0.1, 0.15) is 20.3 Å². The van der Waals surface area contributed by atoms with Crippen molar-refractivity contribution >= 4 is 5.97 Å². The molecule has 1 heterocycles. The normalized spacial score (nSPS) is 19.9. The fourth-order valence-electron chi connectivity index (χ4n) is 1.58. The molecule has 0 aromatic rings. The average molecular weight is 231 g/mol. The molecule has 1 rings (SSSR count). The highest BCUT2D eigenvalue weighted by atomic mass is 16.5. The Hall–Kier alpha value is -0.650. The molecular formula is C11H21NO4. The molecule has 2 N–H and O–H groups in total. The maximum atomic E-state index is 11.1. The molecule has 1 unspecified atom stereocenters. The maximum absolute atomic E-state index is 11.1. The molecule has 0 amide bonds. The summed E-state index contributed by atoms with van der Waals surface area (Å²) in [5.41, 5.74) is 0.184. The van der Waals surface area contributed by atoms with Gasteiger partial charge in [0.05, 0.1) is 32.3 Å². The van der Waals surface area contributed by atoms with E-state index in [0.717, 1.165) is 19.8 Å². The number of hydrogen-bond acceptors (Lipinski definition) is 5. The Bertz CT molecular complexity index is 228. The lowest BCUT2D eigenvalue weighted by atomic mass is 9.89. The summed E-state index contributed by atoms with van der Waals surface area (Å²) < 4.78 is 9.86. The van der Waals surface area contributed by atoms with Crippen molar-refractivity contribution in [2.24, 2.45) is 5.41 Å². The fraction of sp³-hybridized carbons (Fsp3) is 0.909. The minimum absolute atomic E-state index is 0.0497. The highest BCUT2D eigenvalue weighted by Gasteiger charge is 2.32. The van der Waals surface area contributed by atoms with Gasteiger partial charge in [-0.15, -0.1) is 0 Å². The maximum Gasteiger partial charge on any atom is 0.308 e. The van der Waals surface area contributed by atoms with Gasteiger partial charge in [-0.3, -0.25) is 4.79 Å². The third kappa shape index (κ3) is 4.47. The number of hydrogen-bond donors (Lipinski definition) is 2. The molecule has 1 atom stereocenters. The van der Waals surface area contributed by atoms with Gasteiger partial charge in [-0.05, 0) is 6.92 Å². The van der Waals surface area contributed by atoms with Crippen LogP contribution in [0.2, 0.25) is 0 Å². The molecule has 0 radical (unpaired) electrons. The molecule has 1 saturated heterocycles. The minimum atomic E-state index is -0.677. The van der Waals surface area contributed by atoms with E-state index in [-0.39, 0.29) is 17.8 Å². The Morgan fingerprint density at radius 2 is 2.31 bits per heavy atom. The van der Waals surface area contributed by atoms with Crippen molar-refractivity contribution in [1.29, 1.82) is 0 Å². The van der Waals surface area contributed by atoms with Crippen LogP contribution in [-0.2, 0) is 14.3 Å². The van der Waals surface area contributed by atoms with Crippen molar-refractivity contribution in [2.45, 2.75) is 26.4 Å². The lowest BCUT2D eigenvalue weighted by molar-refractivity contribution is -0.145. The monoisotopic (exact) mass is 231 g/mol. The predicted molar refractivity (Wildman–Crippen MR) is 59.1 cm³/mol. The summed E-state index contributed by atoms with van der Waals surface area (Å²) in [6.45, 7) is 6.96. The van der Waals surface area contributed by atoms with Crippen LogP contribution in [-0.4, -0.2) is 50.1 Å². The quantitative estimate of drug-likeness (QED) is 0.600. The zero-order valence-corrected chi connectivity index (χ0v) is 9.99. The minimum Gasteiger partial charge on any atom is -0.466 e. The second-order valence-corrected chi connectivity index (χ2v) is 4.60. The van der Waals surface area contributed by atoms with Crippen molar-refractivity contribution < 1.29 is 19.4 Å². The van der Waals surface area contributed by atoms with E-state index < -0.39 is 6.10 Å². The van der Waals surface area contributed by atoms with Crippen LogP contribution in [0.3, 0.4) is 0 Å². The van der Waals surface area contributed by atoms with Crippen LogP contribution < -0.4 is 5.32 Å². The van der Waals surface area contributed by atoms with Crippen molar-refractivity contribution in [3.05, 3.63) is 0 Å². The summed E-state index contributed by atoms with van der Waals surface area (Å²) in [6, 6.07) is 0.